The molecule has 18 heavy (non-hydrogen) atoms. The Morgan fingerprint density at radius 1 is 1.39 bits per heavy atom. The van der Waals surface area contributed by atoms with Crippen molar-refractivity contribution in [2.75, 3.05) is 12.9 Å². The number of carbonyl (C=O) groups is 1. The minimum atomic E-state index is -3.55. The van der Waals surface area contributed by atoms with Gasteiger partial charge in [-0.1, -0.05) is 12.1 Å². The highest BCUT2D eigenvalue weighted by molar-refractivity contribution is 7.90. The first-order valence-corrected chi connectivity index (χ1v) is 6.98. The normalized spacial score (nSPS) is 13.0. The Hall–Kier alpha value is -1.60. The molecule has 0 fully saturated rings. The van der Waals surface area contributed by atoms with Crippen molar-refractivity contribution in [2.45, 2.75) is 11.8 Å². The fourth-order valence-electron chi connectivity index (χ4n) is 1.38. The van der Waals surface area contributed by atoms with Crippen LogP contribution in [0.2, 0.25) is 0 Å². The Morgan fingerprint density at radius 3 is 2.39 bits per heavy atom. The summed E-state index contributed by atoms with van der Waals surface area (Å²) in [5, 5.41) is 8.57. The standard InChI is InChI=1S/C11H15NO5S/c1-17-9-4-2-8(3-5-9)6-18(15,16)7-10(12)11(13)14/h2-5,10H,6-7,12H2,1H3,(H,13,14). The van der Waals surface area contributed by atoms with E-state index in [1.165, 1.54) is 7.11 Å². The second kappa shape index (κ2) is 5.83. The van der Waals surface area contributed by atoms with Gasteiger partial charge in [0.15, 0.2) is 9.84 Å². The molecular formula is C11H15NO5S. The maximum absolute atomic E-state index is 11.7. The number of rotatable bonds is 6. The van der Waals surface area contributed by atoms with E-state index in [0.717, 1.165) is 0 Å². The highest BCUT2D eigenvalue weighted by atomic mass is 32.2. The van der Waals surface area contributed by atoms with Gasteiger partial charge in [-0.15, -0.1) is 0 Å². The van der Waals surface area contributed by atoms with Crippen molar-refractivity contribution in [3.8, 4) is 5.75 Å². The third kappa shape index (κ3) is 4.34. The number of benzene rings is 1. The predicted octanol–water partition coefficient (Wildman–Crippen LogP) is 0.0219. The van der Waals surface area contributed by atoms with Gasteiger partial charge in [0.2, 0.25) is 0 Å². The lowest BCUT2D eigenvalue weighted by Gasteiger charge is -2.08. The van der Waals surface area contributed by atoms with Crippen molar-refractivity contribution in [3.63, 3.8) is 0 Å². The van der Waals surface area contributed by atoms with Gasteiger partial charge in [0.25, 0.3) is 0 Å². The van der Waals surface area contributed by atoms with Crippen LogP contribution in [0, 0.1) is 0 Å². The van der Waals surface area contributed by atoms with E-state index in [0.29, 0.717) is 11.3 Å². The van der Waals surface area contributed by atoms with Crippen LogP contribution < -0.4 is 10.5 Å². The van der Waals surface area contributed by atoms with E-state index >= 15 is 0 Å². The molecule has 0 saturated heterocycles. The van der Waals surface area contributed by atoms with Crippen LogP contribution in [0.3, 0.4) is 0 Å². The van der Waals surface area contributed by atoms with Crippen molar-refractivity contribution >= 4 is 15.8 Å². The van der Waals surface area contributed by atoms with E-state index in [1.807, 2.05) is 0 Å². The van der Waals surface area contributed by atoms with Crippen LogP contribution in [-0.4, -0.2) is 38.4 Å². The van der Waals surface area contributed by atoms with Crippen LogP contribution in [0.25, 0.3) is 0 Å². The molecule has 6 nitrogen and oxygen atoms in total. The van der Waals surface area contributed by atoms with Gasteiger partial charge >= 0.3 is 5.97 Å². The summed E-state index contributed by atoms with van der Waals surface area (Å²) < 4.78 is 28.3. The Bertz CT molecular complexity index is 509. The zero-order valence-corrected chi connectivity index (χ0v) is 10.7. The first-order chi connectivity index (χ1) is 8.34. The molecule has 1 rings (SSSR count). The van der Waals surface area contributed by atoms with Gasteiger partial charge in [-0.2, -0.15) is 0 Å². The summed E-state index contributed by atoms with van der Waals surface area (Å²) in [7, 11) is -2.03. The number of hydrogen-bond acceptors (Lipinski definition) is 5. The maximum Gasteiger partial charge on any atom is 0.321 e. The molecule has 0 saturated carbocycles. The van der Waals surface area contributed by atoms with Crippen LogP contribution in [-0.2, 0) is 20.4 Å². The molecule has 1 unspecified atom stereocenters. The van der Waals surface area contributed by atoms with E-state index in [9.17, 15) is 13.2 Å². The second-order valence-electron chi connectivity index (χ2n) is 3.85. The van der Waals surface area contributed by atoms with E-state index in [2.05, 4.69) is 0 Å². The molecule has 0 aliphatic carbocycles. The summed E-state index contributed by atoms with van der Waals surface area (Å²) >= 11 is 0. The van der Waals surface area contributed by atoms with E-state index in [-0.39, 0.29) is 5.75 Å². The largest absolute Gasteiger partial charge is 0.497 e. The number of aliphatic carboxylic acids is 1. The first-order valence-electron chi connectivity index (χ1n) is 5.16. The number of ether oxygens (including phenoxy) is 1. The lowest BCUT2D eigenvalue weighted by Crippen LogP contribution is -2.37. The average Bonchev–Trinajstić information content (AvgIpc) is 2.28. The monoisotopic (exact) mass is 273 g/mol. The summed E-state index contributed by atoms with van der Waals surface area (Å²) in [4.78, 5) is 10.5. The number of carboxylic acids is 1. The molecule has 7 heteroatoms. The first kappa shape index (κ1) is 14.5. The van der Waals surface area contributed by atoms with Crippen LogP contribution >= 0.6 is 0 Å². The summed E-state index contributed by atoms with van der Waals surface area (Å²) in [6.45, 7) is 0. The second-order valence-corrected chi connectivity index (χ2v) is 5.96. The SMILES string of the molecule is COc1ccc(CS(=O)(=O)CC(N)C(=O)O)cc1. The Morgan fingerprint density at radius 2 is 1.94 bits per heavy atom. The van der Waals surface area contributed by atoms with Crippen LogP contribution in [0.15, 0.2) is 24.3 Å². The van der Waals surface area contributed by atoms with Crippen molar-refractivity contribution in [2.24, 2.45) is 5.73 Å². The van der Waals surface area contributed by atoms with Crippen molar-refractivity contribution < 1.29 is 23.1 Å². The van der Waals surface area contributed by atoms with Gasteiger partial charge < -0.3 is 15.6 Å². The van der Waals surface area contributed by atoms with Gasteiger partial charge in [-0.05, 0) is 17.7 Å². The number of methoxy groups -OCH3 is 1. The smallest absolute Gasteiger partial charge is 0.321 e. The van der Waals surface area contributed by atoms with E-state index in [4.69, 9.17) is 15.6 Å². The maximum atomic E-state index is 11.7. The van der Waals surface area contributed by atoms with E-state index in [1.54, 1.807) is 24.3 Å². The molecule has 0 amide bonds. The molecule has 3 N–H and O–H groups in total. The topological polar surface area (TPSA) is 107 Å². The summed E-state index contributed by atoms with van der Waals surface area (Å²) in [5.41, 5.74) is 5.77. The third-order valence-corrected chi connectivity index (χ3v) is 3.94. The molecule has 0 bridgehead atoms. The zero-order valence-electron chi connectivity index (χ0n) is 9.87. The van der Waals surface area contributed by atoms with Crippen LogP contribution in [0.5, 0.6) is 5.75 Å². The predicted molar refractivity (Wildman–Crippen MR) is 66.1 cm³/mol. The zero-order chi connectivity index (χ0) is 13.8. The Balaban J connectivity index is 2.73. The van der Waals surface area contributed by atoms with Crippen LogP contribution in [0.4, 0.5) is 0 Å². The molecule has 100 valence electrons. The quantitative estimate of drug-likeness (QED) is 0.756. The molecule has 0 aliphatic rings. The van der Waals surface area contributed by atoms with E-state index < -0.39 is 27.6 Å². The minimum absolute atomic E-state index is 0.238. The van der Waals surface area contributed by atoms with Gasteiger partial charge in [-0.3, -0.25) is 4.79 Å². The molecule has 1 aromatic rings. The van der Waals surface area contributed by atoms with Gasteiger partial charge in [0.05, 0.1) is 18.6 Å². The lowest BCUT2D eigenvalue weighted by molar-refractivity contribution is -0.137. The summed E-state index contributed by atoms with van der Waals surface area (Å²) in [6, 6.07) is 5.11. The fourth-order valence-corrected chi connectivity index (χ4v) is 2.89. The summed E-state index contributed by atoms with van der Waals surface area (Å²) in [5.74, 6) is -1.52. The molecule has 0 aromatic heterocycles. The molecule has 1 aromatic carbocycles. The van der Waals surface area contributed by atoms with Gasteiger partial charge in [0, 0.05) is 0 Å². The van der Waals surface area contributed by atoms with Crippen molar-refractivity contribution in [1.82, 2.24) is 0 Å². The highest BCUT2D eigenvalue weighted by Gasteiger charge is 2.21. The summed E-state index contributed by atoms with van der Waals surface area (Å²) in [6.07, 6.45) is 0. The Labute approximate surface area is 105 Å². The average molecular weight is 273 g/mol. The minimum Gasteiger partial charge on any atom is -0.497 e. The van der Waals surface area contributed by atoms with Crippen molar-refractivity contribution in [1.29, 1.82) is 0 Å². The fraction of sp³-hybridized carbons (Fsp3) is 0.364. The highest BCUT2D eigenvalue weighted by Crippen LogP contribution is 2.14. The van der Waals surface area contributed by atoms with Gasteiger partial charge in [-0.25, -0.2) is 8.42 Å². The number of nitrogens with two attached hydrogens (primary N) is 1. The number of hydrogen-bond donors (Lipinski definition) is 2. The number of carboxylic acid groups (broad SMARTS) is 1. The molecule has 0 heterocycles. The molecule has 0 aliphatic heterocycles. The van der Waals surface area contributed by atoms with Gasteiger partial charge in [0.1, 0.15) is 11.8 Å². The number of sulfone groups is 1. The van der Waals surface area contributed by atoms with Crippen molar-refractivity contribution in [3.05, 3.63) is 29.8 Å². The molecule has 0 spiro atoms. The lowest BCUT2D eigenvalue weighted by atomic mass is 10.2. The molecule has 1 atom stereocenters. The van der Waals surface area contributed by atoms with Crippen LogP contribution in [0.1, 0.15) is 5.56 Å². The third-order valence-electron chi connectivity index (χ3n) is 2.30. The Kier molecular flexibility index (Phi) is 4.69. The molecular weight excluding hydrogens is 258 g/mol. The molecule has 0 radical (unpaired) electrons.